The number of hydrogen-bond acceptors (Lipinski definition) is 4. The van der Waals surface area contributed by atoms with Crippen molar-refractivity contribution in [2.45, 2.75) is 13.2 Å². The Kier molecular flexibility index (Phi) is 5.92. The Morgan fingerprint density at radius 2 is 1.67 bits per heavy atom. The maximum Gasteiger partial charge on any atom is 0.299 e. The lowest BCUT2D eigenvalue weighted by Gasteiger charge is -2.19. The molecule has 0 saturated carbocycles. The van der Waals surface area contributed by atoms with Crippen molar-refractivity contribution in [1.29, 1.82) is 0 Å². The molecule has 0 atom stereocenters. The maximum atomic E-state index is 12.6. The first-order chi connectivity index (χ1) is 14.5. The van der Waals surface area contributed by atoms with Crippen LogP contribution >= 0.6 is 31.9 Å². The molecule has 0 aromatic heterocycles. The van der Waals surface area contributed by atoms with Gasteiger partial charge in [-0.1, -0.05) is 52.3 Å². The Morgan fingerprint density at radius 1 is 0.900 bits per heavy atom. The second kappa shape index (κ2) is 8.62. The number of ketones is 1. The molecule has 7 heteroatoms. The molecule has 0 aliphatic carbocycles. The Balaban J connectivity index is 1.57. The molecule has 0 spiro atoms. The number of Topliss-reactive ketones (excluding diaryl/α,β-unsaturated/α-hetero) is 1. The topological polar surface area (TPSA) is 55.8 Å². The van der Waals surface area contributed by atoms with Gasteiger partial charge < -0.3 is 9.47 Å². The Morgan fingerprint density at radius 3 is 2.40 bits per heavy atom. The van der Waals surface area contributed by atoms with Crippen molar-refractivity contribution in [3.8, 4) is 11.5 Å². The molecular weight excluding hydrogens is 514 g/mol. The molecule has 0 fully saturated rings. The molecule has 0 radical (unpaired) electrons. The number of nitrogens with zero attached hydrogens (tertiary/aromatic N) is 1. The van der Waals surface area contributed by atoms with E-state index >= 15 is 0 Å². The van der Waals surface area contributed by atoms with Crippen LogP contribution in [0, 0.1) is 0 Å². The standard InChI is InChI=1S/C23H17Br2NO4/c1-29-20-9-15(7-8-19(20)30-13-14-5-3-2-4-6-14)12-26-21-17(22(27)23(26)28)10-16(24)11-18(21)25/h2-11H,12-13H2,1H3. The highest BCUT2D eigenvalue weighted by atomic mass is 79.9. The van der Waals surface area contributed by atoms with Crippen molar-refractivity contribution in [2.24, 2.45) is 0 Å². The van der Waals surface area contributed by atoms with Gasteiger partial charge in [-0.25, -0.2) is 0 Å². The third kappa shape index (κ3) is 4.00. The van der Waals surface area contributed by atoms with Crippen LogP contribution in [-0.4, -0.2) is 18.8 Å². The molecule has 1 amide bonds. The number of hydrogen-bond donors (Lipinski definition) is 0. The van der Waals surface area contributed by atoms with Crippen molar-refractivity contribution in [1.82, 2.24) is 0 Å². The number of halogens is 2. The van der Waals surface area contributed by atoms with Gasteiger partial charge in [-0.3, -0.25) is 14.5 Å². The van der Waals surface area contributed by atoms with E-state index in [1.54, 1.807) is 13.2 Å². The number of methoxy groups -OCH3 is 1. The zero-order valence-electron chi connectivity index (χ0n) is 16.0. The monoisotopic (exact) mass is 529 g/mol. The summed E-state index contributed by atoms with van der Waals surface area (Å²) < 4.78 is 12.8. The summed E-state index contributed by atoms with van der Waals surface area (Å²) in [6.45, 7) is 0.665. The Labute approximate surface area is 190 Å². The molecule has 0 unspecified atom stereocenters. The molecule has 0 bridgehead atoms. The van der Waals surface area contributed by atoms with E-state index < -0.39 is 11.7 Å². The summed E-state index contributed by atoms with van der Waals surface area (Å²) in [4.78, 5) is 26.5. The van der Waals surface area contributed by atoms with Crippen LogP contribution < -0.4 is 14.4 Å². The first kappa shape index (κ1) is 20.6. The minimum absolute atomic E-state index is 0.243. The molecule has 0 N–H and O–H groups in total. The Hall–Kier alpha value is -2.64. The molecule has 1 heterocycles. The van der Waals surface area contributed by atoms with Crippen LogP contribution in [0.5, 0.6) is 11.5 Å². The van der Waals surface area contributed by atoms with Crippen molar-refractivity contribution in [3.05, 3.63) is 86.3 Å². The smallest absolute Gasteiger partial charge is 0.299 e. The van der Waals surface area contributed by atoms with E-state index in [0.717, 1.165) is 15.6 Å². The number of rotatable bonds is 6. The van der Waals surface area contributed by atoms with Gasteiger partial charge in [-0.2, -0.15) is 0 Å². The largest absolute Gasteiger partial charge is 0.493 e. The van der Waals surface area contributed by atoms with Crippen molar-refractivity contribution >= 4 is 49.2 Å². The van der Waals surface area contributed by atoms with Gasteiger partial charge in [-0.05, 0) is 51.3 Å². The summed E-state index contributed by atoms with van der Waals surface area (Å²) in [5.74, 6) is 0.116. The zero-order chi connectivity index (χ0) is 21.3. The van der Waals surface area contributed by atoms with E-state index in [0.29, 0.717) is 33.8 Å². The maximum absolute atomic E-state index is 12.6. The van der Waals surface area contributed by atoms with Crippen LogP contribution in [0.3, 0.4) is 0 Å². The first-order valence-electron chi connectivity index (χ1n) is 9.17. The second-order valence-corrected chi connectivity index (χ2v) is 8.53. The number of fused-ring (bicyclic) bond motifs is 1. The summed E-state index contributed by atoms with van der Waals surface area (Å²) in [6, 6.07) is 18.8. The van der Waals surface area contributed by atoms with E-state index in [-0.39, 0.29) is 6.54 Å². The van der Waals surface area contributed by atoms with Crippen LogP contribution in [-0.2, 0) is 17.9 Å². The molecule has 5 nitrogen and oxygen atoms in total. The zero-order valence-corrected chi connectivity index (χ0v) is 19.2. The van der Waals surface area contributed by atoms with E-state index in [4.69, 9.17) is 9.47 Å². The number of carbonyl (C=O) groups is 2. The van der Waals surface area contributed by atoms with Crippen LogP contribution in [0.2, 0.25) is 0 Å². The highest BCUT2D eigenvalue weighted by molar-refractivity contribution is 9.11. The summed E-state index contributed by atoms with van der Waals surface area (Å²) >= 11 is 6.83. The third-order valence-corrected chi connectivity index (χ3v) is 5.85. The highest BCUT2D eigenvalue weighted by Gasteiger charge is 2.37. The molecule has 1 aliphatic rings. The summed E-state index contributed by atoms with van der Waals surface area (Å²) in [6.07, 6.45) is 0. The van der Waals surface area contributed by atoms with Crippen LogP contribution in [0.15, 0.2) is 69.6 Å². The lowest BCUT2D eigenvalue weighted by molar-refractivity contribution is -0.114. The molecular formula is C23H17Br2NO4. The van der Waals surface area contributed by atoms with Crippen LogP contribution in [0.1, 0.15) is 21.5 Å². The van der Waals surface area contributed by atoms with E-state index in [1.165, 1.54) is 4.90 Å². The molecule has 152 valence electrons. The SMILES string of the molecule is COc1cc(CN2C(=O)C(=O)c3cc(Br)cc(Br)c32)ccc1OCc1ccccc1. The van der Waals surface area contributed by atoms with Crippen LogP contribution in [0.25, 0.3) is 0 Å². The minimum atomic E-state index is -0.549. The molecule has 0 saturated heterocycles. The fourth-order valence-corrected chi connectivity index (χ4v) is 4.79. The number of anilines is 1. The first-order valence-corrected chi connectivity index (χ1v) is 10.8. The van der Waals surface area contributed by atoms with Gasteiger partial charge >= 0.3 is 0 Å². The van der Waals surface area contributed by atoms with Gasteiger partial charge in [-0.15, -0.1) is 0 Å². The summed E-state index contributed by atoms with van der Waals surface area (Å²) in [5, 5.41) is 0. The lowest BCUT2D eigenvalue weighted by Crippen LogP contribution is -2.29. The van der Waals surface area contributed by atoms with E-state index in [1.807, 2.05) is 54.6 Å². The van der Waals surface area contributed by atoms with Gasteiger partial charge in [0.25, 0.3) is 11.7 Å². The molecule has 3 aromatic carbocycles. The quantitative estimate of drug-likeness (QED) is 0.393. The number of amides is 1. The van der Waals surface area contributed by atoms with Gasteiger partial charge in [0, 0.05) is 8.95 Å². The highest BCUT2D eigenvalue weighted by Crippen LogP contribution is 2.40. The fraction of sp³-hybridized carbons (Fsp3) is 0.130. The molecule has 30 heavy (non-hydrogen) atoms. The van der Waals surface area contributed by atoms with Crippen molar-refractivity contribution in [3.63, 3.8) is 0 Å². The summed E-state index contributed by atoms with van der Waals surface area (Å²) in [7, 11) is 1.57. The average molecular weight is 531 g/mol. The normalized spacial score (nSPS) is 12.8. The van der Waals surface area contributed by atoms with E-state index in [9.17, 15) is 9.59 Å². The third-order valence-electron chi connectivity index (χ3n) is 4.79. The minimum Gasteiger partial charge on any atom is -0.493 e. The number of carbonyl (C=O) groups excluding carboxylic acids is 2. The Bertz CT molecular complexity index is 1130. The molecule has 4 rings (SSSR count). The number of benzene rings is 3. The molecule has 1 aliphatic heterocycles. The van der Waals surface area contributed by atoms with Gasteiger partial charge in [0.05, 0.1) is 24.9 Å². The van der Waals surface area contributed by atoms with Crippen molar-refractivity contribution < 1.29 is 19.1 Å². The summed E-state index contributed by atoms with van der Waals surface area (Å²) in [5.41, 5.74) is 2.84. The van der Waals surface area contributed by atoms with Crippen molar-refractivity contribution in [2.75, 3.05) is 12.0 Å². The second-order valence-electron chi connectivity index (χ2n) is 6.76. The predicted molar refractivity (Wildman–Crippen MR) is 121 cm³/mol. The average Bonchev–Trinajstić information content (AvgIpc) is 2.98. The predicted octanol–water partition coefficient (Wildman–Crippen LogP) is 5.53. The molecule has 3 aromatic rings. The van der Waals surface area contributed by atoms with Gasteiger partial charge in [0.2, 0.25) is 0 Å². The lowest BCUT2D eigenvalue weighted by atomic mass is 10.1. The fourth-order valence-electron chi connectivity index (χ4n) is 3.35. The van der Waals surface area contributed by atoms with Gasteiger partial charge in [0.1, 0.15) is 6.61 Å². The van der Waals surface area contributed by atoms with Gasteiger partial charge in [0.15, 0.2) is 11.5 Å². The number of ether oxygens (including phenoxy) is 2. The van der Waals surface area contributed by atoms with Crippen LogP contribution in [0.4, 0.5) is 5.69 Å². The van der Waals surface area contributed by atoms with E-state index in [2.05, 4.69) is 31.9 Å².